The van der Waals surface area contributed by atoms with Crippen LogP contribution < -0.4 is 0 Å². The molecule has 0 saturated heterocycles. The number of hydrogen-bond donors (Lipinski definition) is 0. The first-order valence-corrected chi connectivity index (χ1v) is 28.4. The number of unbranched alkanes of at least 4 members (excludes halogenated alkanes) is 28. The zero-order valence-electron chi connectivity index (χ0n) is 44.2. The normalized spacial score (nSPS) is 12.6. The van der Waals surface area contributed by atoms with Crippen LogP contribution in [0, 0.1) is 0 Å². The predicted molar refractivity (Wildman–Crippen MR) is 288 cm³/mol. The summed E-state index contributed by atoms with van der Waals surface area (Å²) in [6.45, 7) is 6.56. The molecule has 1 unspecified atom stereocenters. The molecule has 0 saturated carbocycles. The predicted octanol–water partition coefficient (Wildman–Crippen LogP) is 19.0. The van der Waals surface area contributed by atoms with Gasteiger partial charge in [0.2, 0.25) is 0 Å². The highest BCUT2D eigenvalue weighted by Crippen LogP contribution is 2.14. The topological polar surface area (TPSA) is 78.9 Å². The molecule has 6 nitrogen and oxygen atoms in total. The van der Waals surface area contributed by atoms with Gasteiger partial charge < -0.3 is 14.2 Å². The Balaban J connectivity index is 4.40. The molecule has 0 spiro atoms. The minimum atomic E-state index is -0.789. The van der Waals surface area contributed by atoms with Gasteiger partial charge in [-0.3, -0.25) is 14.4 Å². The van der Waals surface area contributed by atoms with E-state index in [-0.39, 0.29) is 31.1 Å². The van der Waals surface area contributed by atoms with Gasteiger partial charge in [0.05, 0.1) is 0 Å². The molecule has 0 N–H and O–H groups in total. The van der Waals surface area contributed by atoms with Crippen LogP contribution in [-0.2, 0) is 28.6 Å². The van der Waals surface area contributed by atoms with Crippen molar-refractivity contribution in [3.8, 4) is 0 Å². The van der Waals surface area contributed by atoms with Gasteiger partial charge in [-0.25, -0.2) is 0 Å². The van der Waals surface area contributed by atoms with Crippen molar-refractivity contribution in [2.45, 2.75) is 284 Å². The first-order chi connectivity index (χ1) is 33.0. The fourth-order valence-electron chi connectivity index (χ4n) is 7.83. The number of allylic oxidation sites excluding steroid dienone is 12. The van der Waals surface area contributed by atoms with Crippen molar-refractivity contribution in [1.82, 2.24) is 0 Å². The van der Waals surface area contributed by atoms with Crippen LogP contribution in [0.5, 0.6) is 0 Å². The summed E-state index contributed by atoms with van der Waals surface area (Å²) >= 11 is 0. The highest BCUT2D eigenvalue weighted by molar-refractivity contribution is 5.71. The quantitative estimate of drug-likeness (QED) is 0.0262. The SMILES string of the molecule is CCCCC/C=C\C/C=C\C/C=C\CCCCCCCCC(=O)OCC(COC(=O)CCCCCCC/C=C\CCCCC)OC(=O)CCCCCCCCC/C=C\C/C=C\CCCCCC. The van der Waals surface area contributed by atoms with Crippen LogP contribution >= 0.6 is 0 Å². The molecular formula is C61H106O6. The molecule has 0 aliphatic rings. The Morgan fingerprint density at radius 2 is 0.537 bits per heavy atom. The minimum Gasteiger partial charge on any atom is -0.462 e. The Bertz CT molecular complexity index is 1260. The second-order valence-corrected chi connectivity index (χ2v) is 18.8. The van der Waals surface area contributed by atoms with Gasteiger partial charge in [-0.05, 0) is 116 Å². The van der Waals surface area contributed by atoms with Gasteiger partial charge in [0.1, 0.15) is 13.2 Å². The van der Waals surface area contributed by atoms with Crippen LogP contribution in [0.2, 0.25) is 0 Å². The van der Waals surface area contributed by atoms with Crippen LogP contribution in [0.4, 0.5) is 0 Å². The Hall–Kier alpha value is -3.15. The fraction of sp³-hybridized carbons (Fsp3) is 0.754. The van der Waals surface area contributed by atoms with E-state index in [4.69, 9.17) is 14.2 Å². The third-order valence-electron chi connectivity index (χ3n) is 12.2. The lowest BCUT2D eigenvalue weighted by atomic mass is 10.1. The lowest BCUT2D eigenvalue weighted by Crippen LogP contribution is -2.30. The molecule has 0 aliphatic carbocycles. The molecule has 67 heavy (non-hydrogen) atoms. The molecule has 0 aromatic carbocycles. The van der Waals surface area contributed by atoms with Gasteiger partial charge in [-0.2, -0.15) is 0 Å². The summed E-state index contributed by atoms with van der Waals surface area (Å²) in [4.78, 5) is 38.1. The summed E-state index contributed by atoms with van der Waals surface area (Å²) in [5.74, 6) is -0.910. The van der Waals surface area contributed by atoms with Crippen molar-refractivity contribution in [3.63, 3.8) is 0 Å². The summed E-state index contributed by atoms with van der Waals surface area (Å²) in [6, 6.07) is 0. The average Bonchev–Trinajstić information content (AvgIpc) is 3.33. The molecular weight excluding hydrogens is 829 g/mol. The van der Waals surface area contributed by atoms with Gasteiger partial charge in [-0.1, -0.05) is 216 Å². The first kappa shape index (κ1) is 63.8. The minimum absolute atomic E-state index is 0.0871. The Kier molecular flexibility index (Phi) is 52.8. The summed E-state index contributed by atoms with van der Waals surface area (Å²) in [6.07, 6.45) is 70.2. The molecule has 0 radical (unpaired) electrons. The number of esters is 3. The van der Waals surface area contributed by atoms with Crippen LogP contribution in [0.1, 0.15) is 278 Å². The maximum Gasteiger partial charge on any atom is 0.306 e. The molecule has 0 aromatic rings. The van der Waals surface area contributed by atoms with Gasteiger partial charge >= 0.3 is 17.9 Å². The van der Waals surface area contributed by atoms with Crippen molar-refractivity contribution >= 4 is 17.9 Å². The number of carbonyl (C=O) groups is 3. The molecule has 1 atom stereocenters. The van der Waals surface area contributed by atoms with Crippen molar-refractivity contribution < 1.29 is 28.6 Å². The highest BCUT2D eigenvalue weighted by Gasteiger charge is 2.19. The highest BCUT2D eigenvalue weighted by atomic mass is 16.6. The summed E-state index contributed by atoms with van der Waals surface area (Å²) in [5.41, 5.74) is 0. The molecule has 0 aromatic heterocycles. The van der Waals surface area contributed by atoms with Crippen molar-refractivity contribution in [3.05, 3.63) is 72.9 Å². The van der Waals surface area contributed by atoms with Gasteiger partial charge in [0.25, 0.3) is 0 Å². The van der Waals surface area contributed by atoms with Crippen molar-refractivity contribution in [2.75, 3.05) is 13.2 Å². The standard InChI is InChI=1S/C61H106O6/c1-4-7-10-13-16-19-22-25-27-29-31-33-34-36-39-42-45-48-51-54-60(63)66-57-58(56-65-59(62)53-50-47-44-41-38-24-21-18-15-12-9-6-3)67-61(64)55-52-49-46-43-40-37-35-32-30-28-26-23-20-17-14-11-8-5-2/h16,18-21,23,25,27-28,30-31,33,58H,4-15,17,22,24,26,29,32,34-57H2,1-3H3/b19-16-,21-18-,23-20-,27-25-,30-28-,33-31-. The lowest BCUT2D eigenvalue weighted by molar-refractivity contribution is -0.167. The number of ether oxygens (including phenoxy) is 3. The zero-order valence-corrected chi connectivity index (χ0v) is 44.2. The molecule has 0 aliphatic heterocycles. The van der Waals surface area contributed by atoms with E-state index in [9.17, 15) is 14.4 Å². The van der Waals surface area contributed by atoms with Crippen LogP contribution in [0.25, 0.3) is 0 Å². The van der Waals surface area contributed by atoms with Crippen molar-refractivity contribution in [2.24, 2.45) is 0 Å². The van der Waals surface area contributed by atoms with Gasteiger partial charge in [0.15, 0.2) is 6.10 Å². The van der Waals surface area contributed by atoms with E-state index in [2.05, 4.69) is 93.7 Å². The summed E-state index contributed by atoms with van der Waals surface area (Å²) in [7, 11) is 0. The van der Waals surface area contributed by atoms with Gasteiger partial charge in [-0.15, -0.1) is 0 Å². The van der Waals surface area contributed by atoms with E-state index >= 15 is 0 Å². The first-order valence-electron chi connectivity index (χ1n) is 28.4. The van der Waals surface area contributed by atoms with E-state index in [1.165, 1.54) is 141 Å². The largest absolute Gasteiger partial charge is 0.462 e. The molecule has 0 amide bonds. The molecule has 0 fully saturated rings. The fourth-order valence-corrected chi connectivity index (χ4v) is 7.83. The molecule has 0 heterocycles. The molecule has 386 valence electrons. The van der Waals surface area contributed by atoms with E-state index in [1.807, 2.05) is 0 Å². The van der Waals surface area contributed by atoms with E-state index in [1.54, 1.807) is 0 Å². The molecule has 0 rings (SSSR count). The maximum absolute atomic E-state index is 12.8. The monoisotopic (exact) mass is 935 g/mol. The average molecular weight is 936 g/mol. The Morgan fingerprint density at radius 3 is 0.881 bits per heavy atom. The lowest BCUT2D eigenvalue weighted by Gasteiger charge is -2.18. The summed E-state index contributed by atoms with van der Waals surface area (Å²) < 4.78 is 16.8. The third-order valence-corrected chi connectivity index (χ3v) is 12.2. The third kappa shape index (κ3) is 53.7. The van der Waals surface area contributed by atoms with E-state index in [0.717, 1.165) is 96.3 Å². The maximum atomic E-state index is 12.8. The Labute approximate surface area is 414 Å². The van der Waals surface area contributed by atoms with Crippen LogP contribution in [0.15, 0.2) is 72.9 Å². The number of hydrogen-bond acceptors (Lipinski definition) is 6. The molecule has 6 heteroatoms. The summed E-state index contributed by atoms with van der Waals surface area (Å²) in [5, 5.41) is 0. The van der Waals surface area contributed by atoms with E-state index in [0.29, 0.717) is 19.3 Å². The van der Waals surface area contributed by atoms with Gasteiger partial charge in [0, 0.05) is 19.3 Å². The number of carbonyl (C=O) groups excluding carboxylic acids is 3. The van der Waals surface area contributed by atoms with Crippen molar-refractivity contribution in [1.29, 1.82) is 0 Å². The zero-order chi connectivity index (χ0) is 48.6. The van der Waals surface area contributed by atoms with Crippen LogP contribution in [-0.4, -0.2) is 37.2 Å². The number of rotatable bonds is 51. The smallest absolute Gasteiger partial charge is 0.306 e. The van der Waals surface area contributed by atoms with Crippen LogP contribution in [0.3, 0.4) is 0 Å². The molecule has 0 bridgehead atoms. The van der Waals surface area contributed by atoms with E-state index < -0.39 is 6.10 Å². The second-order valence-electron chi connectivity index (χ2n) is 18.8. The second kappa shape index (κ2) is 55.4. The Morgan fingerprint density at radius 1 is 0.299 bits per heavy atom.